The number of nitrogens with zero attached hydrogens (tertiary/aromatic N) is 6. The van der Waals surface area contributed by atoms with Crippen molar-refractivity contribution in [2.24, 2.45) is 10.2 Å². The van der Waals surface area contributed by atoms with Crippen LogP contribution in [0.3, 0.4) is 0 Å². The van der Waals surface area contributed by atoms with Crippen LogP contribution in [0.5, 0.6) is 0 Å². The van der Waals surface area contributed by atoms with Crippen molar-refractivity contribution in [1.29, 1.82) is 0 Å². The first-order valence-electron chi connectivity index (χ1n) is 11.1. The van der Waals surface area contributed by atoms with Crippen LogP contribution in [-0.4, -0.2) is 59.9 Å². The number of carboxylic acid groups (broad SMARTS) is 2. The van der Waals surface area contributed by atoms with Gasteiger partial charge in [0.05, 0.1) is 21.7 Å². The van der Waals surface area contributed by atoms with Gasteiger partial charge in [-0.1, -0.05) is 25.9 Å². The minimum Gasteiger partial charge on any atom is -0.478 e. The zero-order valence-corrected chi connectivity index (χ0v) is 21.3. The van der Waals surface area contributed by atoms with Crippen molar-refractivity contribution >= 4 is 50.5 Å². The number of azo groups is 1. The Labute approximate surface area is 218 Å². The molecular weight excluding hydrogens is 534 g/mol. The second-order valence-corrected chi connectivity index (χ2v) is 10.9. The molecule has 0 aliphatic rings. The highest BCUT2D eigenvalue weighted by molar-refractivity contribution is 7.85. The molecule has 0 unspecified atom stereocenters. The fourth-order valence-electron chi connectivity index (χ4n) is 3.80. The predicted octanol–water partition coefficient (Wildman–Crippen LogP) is 4.22. The van der Waals surface area contributed by atoms with Gasteiger partial charge in [-0.25, -0.2) is 9.59 Å². The molecule has 2 aromatic carbocycles. The van der Waals surface area contributed by atoms with Crippen molar-refractivity contribution < 1.29 is 37.2 Å². The molecule has 200 valence electrons. The van der Waals surface area contributed by atoms with Gasteiger partial charge in [-0.15, -0.1) is 5.11 Å². The first-order chi connectivity index (χ1) is 18.2. The molecule has 5 aromatic rings. The molecular formula is C23H19N7O8S. The number of aromatic carboxylic acids is 2. The Morgan fingerprint density at radius 3 is 2.28 bits per heavy atom. The summed E-state index contributed by atoms with van der Waals surface area (Å²) in [5, 5.41) is 38.8. The average Bonchev–Trinajstić information content (AvgIpc) is 3.54. The van der Waals surface area contributed by atoms with Gasteiger partial charge >= 0.3 is 18.0 Å². The number of aromatic nitrogens is 5. The lowest BCUT2D eigenvalue weighted by Gasteiger charge is -2.15. The molecule has 0 aliphatic heterocycles. The minimum atomic E-state index is -4.44. The number of hydrogen-bond donors (Lipinski definition) is 4. The van der Waals surface area contributed by atoms with E-state index in [4.69, 9.17) is 4.42 Å². The third kappa shape index (κ3) is 4.73. The average molecular weight is 554 g/mol. The van der Waals surface area contributed by atoms with Gasteiger partial charge in [-0.2, -0.15) is 28.1 Å². The summed E-state index contributed by atoms with van der Waals surface area (Å²) in [6.45, 7) is 5.64. The topological polar surface area (TPSA) is 226 Å². The van der Waals surface area contributed by atoms with Crippen LogP contribution in [0.2, 0.25) is 0 Å². The van der Waals surface area contributed by atoms with E-state index in [1.807, 2.05) is 20.8 Å². The van der Waals surface area contributed by atoms with Crippen molar-refractivity contribution in [3.8, 4) is 11.4 Å². The van der Waals surface area contributed by atoms with Gasteiger partial charge in [0.25, 0.3) is 10.1 Å². The predicted molar refractivity (Wildman–Crippen MR) is 133 cm³/mol. The summed E-state index contributed by atoms with van der Waals surface area (Å²) in [7, 11) is -4.44. The van der Waals surface area contributed by atoms with Crippen molar-refractivity contribution in [1.82, 2.24) is 24.8 Å². The van der Waals surface area contributed by atoms with Crippen LogP contribution in [0.25, 0.3) is 28.1 Å². The number of aromatic amines is 1. The van der Waals surface area contributed by atoms with E-state index in [-0.39, 0.29) is 55.9 Å². The molecule has 3 aromatic heterocycles. The monoisotopic (exact) mass is 553 g/mol. The number of carbonyl (C=O) groups is 2. The summed E-state index contributed by atoms with van der Waals surface area (Å²) in [5.74, 6) is -2.47. The molecule has 0 amide bonds. The summed E-state index contributed by atoms with van der Waals surface area (Å²) in [6, 6.07) is 7.02. The van der Waals surface area contributed by atoms with Crippen LogP contribution in [0.4, 0.5) is 11.7 Å². The quantitative estimate of drug-likeness (QED) is 0.172. The summed E-state index contributed by atoms with van der Waals surface area (Å²) in [4.78, 5) is 26.9. The number of benzene rings is 2. The standard InChI is InChI=1S/C23H19N7O8S/c1-23(2,3)17-16(25-28-22-24-14-5-4-13(39(35,36)37)9-15(14)38-22)19-27-26-18(30(19)29-17)10-6-11(20(31)32)8-12(7-10)21(33)34/h4-9,27H,1-3H3,(H,31,32)(H,33,34)(H,35,36,37). The molecule has 0 aliphatic carbocycles. The minimum absolute atomic E-state index is 0.0617. The van der Waals surface area contributed by atoms with Crippen LogP contribution < -0.4 is 0 Å². The molecule has 5 rings (SSSR count). The van der Waals surface area contributed by atoms with Gasteiger partial charge in [0.1, 0.15) is 5.52 Å². The van der Waals surface area contributed by atoms with Gasteiger partial charge < -0.3 is 14.6 Å². The maximum Gasteiger partial charge on any atom is 0.341 e. The molecule has 0 spiro atoms. The third-order valence-electron chi connectivity index (χ3n) is 5.61. The Kier molecular flexibility index (Phi) is 5.80. The number of nitrogens with one attached hydrogen (secondary N) is 1. The Bertz CT molecular complexity index is 1910. The van der Waals surface area contributed by atoms with E-state index >= 15 is 0 Å². The lowest BCUT2D eigenvalue weighted by atomic mass is 9.91. The van der Waals surface area contributed by atoms with Crippen LogP contribution in [0, 0.1) is 0 Å². The van der Waals surface area contributed by atoms with Gasteiger partial charge in [0, 0.05) is 17.0 Å². The molecule has 4 N–H and O–H groups in total. The van der Waals surface area contributed by atoms with Gasteiger partial charge in [0.15, 0.2) is 22.7 Å². The first-order valence-corrected chi connectivity index (χ1v) is 12.6. The zero-order valence-electron chi connectivity index (χ0n) is 20.4. The number of carboxylic acids is 2. The highest BCUT2D eigenvalue weighted by Crippen LogP contribution is 2.37. The molecule has 0 bridgehead atoms. The molecule has 3 heterocycles. The number of rotatable bonds is 6. The fourth-order valence-corrected chi connectivity index (χ4v) is 4.29. The highest BCUT2D eigenvalue weighted by Gasteiger charge is 2.28. The normalized spacial score (nSPS) is 12.6. The summed E-state index contributed by atoms with van der Waals surface area (Å²) in [6.07, 6.45) is 0. The molecule has 39 heavy (non-hydrogen) atoms. The van der Waals surface area contributed by atoms with Crippen LogP contribution in [0.1, 0.15) is 47.2 Å². The van der Waals surface area contributed by atoms with E-state index in [0.717, 1.165) is 12.1 Å². The zero-order chi connectivity index (χ0) is 28.3. The van der Waals surface area contributed by atoms with E-state index in [0.29, 0.717) is 5.69 Å². The number of hydrogen-bond acceptors (Lipinski definition) is 10. The van der Waals surface area contributed by atoms with Crippen molar-refractivity contribution in [2.75, 3.05) is 0 Å². The smallest absolute Gasteiger partial charge is 0.341 e. The second-order valence-electron chi connectivity index (χ2n) is 9.47. The Morgan fingerprint density at radius 2 is 1.69 bits per heavy atom. The Morgan fingerprint density at radius 1 is 1.03 bits per heavy atom. The molecule has 0 radical (unpaired) electrons. The largest absolute Gasteiger partial charge is 0.478 e. The second kappa shape index (κ2) is 8.81. The van der Waals surface area contributed by atoms with Crippen LogP contribution >= 0.6 is 0 Å². The maximum absolute atomic E-state index is 11.6. The van der Waals surface area contributed by atoms with Gasteiger partial charge in [0.2, 0.25) is 0 Å². The first kappa shape index (κ1) is 25.7. The highest BCUT2D eigenvalue weighted by atomic mass is 32.2. The lowest BCUT2D eigenvalue weighted by molar-refractivity contribution is 0.0696. The molecule has 16 heteroatoms. The van der Waals surface area contributed by atoms with Gasteiger partial charge in [-0.05, 0) is 30.3 Å². The van der Waals surface area contributed by atoms with Crippen LogP contribution in [-0.2, 0) is 15.5 Å². The van der Waals surface area contributed by atoms with Crippen LogP contribution in [0.15, 0.2) is 55.9 Å². The Balaban J connectivity index is 1.63. The number of H-pyrrole nitrogens is 1. The third-order valence-corrected chi connectivity index (χ3v) is 6.46. The Hall–Kier alpha value is -4.96. The summed E-state index contributed by atoms with van der Waals surface area (Å²) >= 11 is 0. The number of fused-ring (bicyclic) bond motifs is 2. The number of oxazole rings is 1. The molecule has 0 saturated carbocycles. The van der Waals surface area contributed by atoms with E-state index in [2.05, 4.69) is 30.5 Å². The molecule has 0 atom stereocenters. The summed E-state index contributed by atoms with van der Waals surface area (Å²) in [5.41, 5.74) is 0.512. The van der Waals surface area contributed by atoms with Crippen molar-refractivity contribution in [2.45, 2.75) is 31.1 Å². The SMILES string of the molecule is CC(C)(C)c1nn2c(-c3cc(C(=O)O)cc(C(=O)O)c3)n[nH]c2c1N=Nc1nc2ccc(S(=O)(=O)O)cc2o1. The molecule has 0 fully saturated rings. The molecule has 15 nitrogen and oxygen atoms in total. The van der Waals surface area contributed by atoms with E-state index in [1.165, 1.54) is 28.8 Å². The summed E-state index contributed by atoms with van der Waals surface area (Å²) < 4.78 is 38.9. The van der Waals surface area contributed by atoms with E-state index < -0.39 is 27.5 Å². The van der Waals surface area contributed by atoms with E-state index in [9.17, 15) is 32.8 Å². The van der Waals surface area contributed by atoms with Crippen molar-refractivity contribution in [3.05, 3.63) is 53.2 Å². The lowest BCUT2D eigenvalue weighted by Crippen LogP contribution is -2.12. The molecule has 0 saturated heterocycles. The van der Waals surface area contributed by atoms with Gasteiger partial charge in [-0.3, -0.25) is 9.65 Å². The fraction of sp³-hybridized carbons (Fsp3) is 0.174. The van der Waals surface area contributed by atoms with E-state index in [1.54, 1.807) is 0 Å². The van der Waals surface area contributed by atoms with Crippen molar-refractivity contribution in [3.63, 3.8) is 0 Å². The maximum atomic E-state index is 11.6.